The van der Waals surface area contributed by atoms with Gasteiger partial charge in [0.25, 0.3) is 0 Å². The zero-order valence-electron chi connectivity index (χ0n) is 12.3. The summed E-state index contributed by atoms with van der Waals surface area (Å²) >= 11 is 8.06. The lowest BCUT2D eigenvalue weighted by atomic mass is 10.1. The molecule has 1 aromatic carbocycles. The molecule has 0 atom stereocenters. The molecule has 0 aliphatic heterocycles. The van der Waals surface area contributed by atoms with Gasteiger partial charge in [0.2, 0.25) is 0 Å². The molecule has 4 heteroatoms. The van der Waals surface area contributed by atoms with Crippen molar-refractivity contribution < 1.29 is 4.42 Å². The molecule has 0 unspecified atom stereocenters. The fourth-order valence-electron chi connectivity index (χ4n) is 1.76. The summed E-state index contributed by atoms with van der Waals surface area (Å²) in [5.41, 5.74) is 1.20. The van der Waals surface area contributed by atoms with Crippen LogP contribution in [0.2, 0.25) is 5.02 Å². The molecule has 0 saturated heterocycles. The number of hydrogen-bond acceptors (Lipinski definition) is 3. The predicted molar refractivity (Wildman–Crippen MR) is 85.6 cm³/mol. The highest BCUT2D eigenvalue weighted by molar-refractivity contribution is 7.99. The highest BCUT2D eigenvalue weighted by Gasteiger charge is 2.14. The highest BCUT2D eigenvalue weighted by atomic mass is 35.5. The molecule has 20 heavy (non-hydrogen) atoms. The third kappa shape index (κ3) is 4.05. The minimum atomic E-state index is 0.0622. The van der Waals surface area contributed by atoms with Crippen LogP contribution in [0.15, 0.2) is 44.7 Å². The van der Waals surface area contributed by atoms with Gasteiger partial charge in [0.1, 0.15) is 5.76 Å². The van der Waals surface area contributed by atoms with Gasteiger partial charge in [0.15, 0.2) is 0 Å². The Kier molecular flexibility index (Phi) is 4.84. The number of halogens is 1. The van der Waals surface area contributed by atoms with Gasteiger partial charge in [0, 0.05) is 22.0 Å². The third-order valence-corrected chi connectivity index (χ3v) is 4.50. The Hall–Kier alpha value is -0.900. The van der Waals surface area contributed by atoms with Crippen LogP contribution in [0.1, 0.15) is 32.1 Å². The van der Waals surface area contributed by atoms with Crippen molar-refractivity contribution in [3.63, 3.8) is 0 Å². The van der Waals surface area contributed by atoms with Crippen LogP contribution < -0.4 is 5.32 Å². The zero-order valence-corrected chi connectivity index (χ0v) is 13.9. The fraction of sp³-hybridized carbons (Fsp3) is 0.375. The van der Waals surface area contributed by atoms with E-state index in [9.17, 15) is 0 Å². The first kappa shape index (κ1) is 15.5. The van der Waals surface area contributed by atoms with Gasteiger partial charge in [-0.3, -0.25) is 0 Å². The molecule has 0 amide bonds. The molecule has 2 aromatic rings. The summed E-state index contributed by atoms with van der Waals surface area (Å²) in [5, 5.41) is 4.29. The Morgan fingerprint density at radius 2 is 1.95 bits per heavy atom. The third-order valence-electron chi connectivity index (χ3n) is 2.90. The van der Waals surface area contributed by atoms with Gasteiger partial charge in [-0.15, -0.1) is 0 Å². The summed E-state index contributed by atoms with van der Waals surface area (Å²) in [5.74, 6) is 0.935. The maximum atomic E-state index is 6.36. The SMILES string of the molecule is Cc1occc1Sc1cccc(Cl)c1CNC(C)(C)C. The van der Waals surface area contributed by atoms with Crippen LogP contribution in [0.25, 0.3) is 0 Å². The molecule has 0 fully saturated rings. The molecule has 0 saturated carbocycles. The van der Waals surface area contributed by atoms with Crippen molar-refractivity contribution in [1.29, 1.82) is 0 Å². The smallest absolute Gasteiger partial charge is 0.114 e. The largest absolute Gasteiger partial charge is 0.468 e. The summed E-state index contributed by atoms with van der Waals surface area (Å²) in [6.07, 6.45) is 1.72. The molecular weight excluding hydrogens is 290 g/mol. The van der Waals surface area contributed by atoms with Gasteiger partial charge < -0.3 is 9.73 Å². The van der Waals surface area contributed by atoms with Crippen molar-refractivity contribution >= 4 is 23.4 Å². The van der Waals surface area contributed by atoms with E-state index in [4.69, 9.17) is 16.0 Å². The lowest BCUT2D eigenvalue weighted by Gasteiger charge is -2.22. The predicted octanol–water partition coefficient (Wildman–Crippen LogP) is 5.28. The Morgan fingerprint density at radius 1 is 1.20 bits per heavy atom. The molecule has 2 rings (SSSR count). The van der Waals surface area contributed by atoms with E-state index in [1.165, 1.54) is 4.90 Å². The monoisotopic (exact) mass is 309 g/mol. The molecule has 1 heterocycles. The van der Waals surface area contributed by atoms with Crippen LogP contribution in [0.3, 0.4) is 0 Å². The highest BCUT2D eigenvalue weighted by Crippen LogP contribution is 2.35. The van der Waals surface area contributed by atoms with Gasteiger partial charge in [-0.1, -0.05) is 29.4 Å². The Labute approximate surface area is 129 Å². The summed E-state index contributed by atoms with van der Waals surface area (Å²) in [6.45, 7) is 9.17. The van der Waals surface area contributed by atoms with Crippen molar-refractivity contribution in [3.05, 3.63) is 46.9 Å². The molecular formula is C16H20ClNOS. The van der Waals surface area contributed by atoms with E-state index in [-0.39, 0.29) is 5.54 Å². The normalized spacial score (nSPS) is 11.8. The number of nitrogens with one attached hydrogen (secondary N) is 1. The molecule has 0 spiro atoms. The van der Waals surface area contributed by atoms with Gasteiger partial charge in [-0.2, -0.15) is 0 Å². The van der Waals surface area contributed by atoms with Gasteiger partial charge in [-0.25, -0.2) is 0 Å². The van der Waals surface area contributed by atoms with Crippen molar-refractivity contribution in [1.82, 2.24) is 5.32 Å². The first-order chi connectivity index (χ1) is 9.37. The first-order valence-electron chi connectivity index (χ1n) is 6.61. The van der Waals surface area contributed by atoms with Crippen molar-refractivity contribution in [3.8, 4) is 0 Å². The Morgan fingerprint density at radius 3 is 2.55 bits per heavy atom. The van der Waals surface area contributed by atoms with Gasteiger partial charge in [0.05, 0.1) is 11.2 Å². The quantitative estimate of drug-likeness (QED) is 0.831. The van der Waals surface area contributed by atoms with Crippen molar-refractivity contribution in [2.75, 3.05) is 0 Å². The van der Waals surface area contributed by atoms with E-state index in [0.29, 0.717) is 0 Å². The van der Waals surface area contributed by atoms with Crippen LogP contribution in [0, 0.1) is 6.92 Å². The topological polar surface area (TPSA) is 25.2 Å². The van der Waals surface area contributed by atoms with Gasteiger partial charge >= 0.3 is 0 Å². The molecule has 0 radical (unpaired) electrons. The van der Waals surface area contributed by atoms with E-state index < -0.39 is 0 Å². The second kappa shape index (κ2) is 6.25. The van der Waals surface area contributed by atoms with Crippen LogP contribution in [-0.2, 0) is 6.54 Å². The average molecular weight is 310 g/mol. The number of aryl methyl sites for hydroxylation is 1. The summed E-state index contributed by atoms with van der Waals surface area (Å²) in [7, 11) is 0. The Balaban J connectivity index is 2.24. The maximum Gasteiger partial charge on any atom is 0.114 e. The second-order valence-electron chi connectivity index (χ2n) is 5.76. The number of benzene rings is 1. The van der Waals surface area contributed by atoms with Crippen LogP contribution in [0.5, 0.6) is 0 Å². The number of rotatable bonds is 4. The van der Waals surface area contributed by atoms with E-state index in [2.05, 4.69) is 32.2 Å². The molecule has 0 aliphatic carbocycles. The summed E-state index contributed by atoms with van der Waals surface area (Å²) < 4.78 is 5.35. The lowest BCUT2D eigenvalue weighted by molar-refractivity contribution is 0.422. The molecule has 108 valence electrons. The number of furan rings is 1. The van der Waals surface area contributed by atoms with Gasteiger partial charge in [-0.05, 0) is 51.5 Å². The van der Waals surface area contributed by atoms with Crippen molar-refractivity contribution in [2.45, 2.75) is 49.6 Å². The molecule has 1 aromatic heterocycles. The minimum Gasteiger partial charge on any atom is -0.468 e. The second-order valence-corrected chi connectivity index (χ2v) is 7.25. The molecule has 1 N–H and O–H groups in total. The van der Waals surface area contributed by atoms with Crippen LogP contribution in [0.4, 0.5) is 0 Å². The van der Waals surface area contributed by atoms with E-state index >= 15 is 0 Å². The Bertz CT molecular complexity index is 586. The van der Waals surface area contributed by atoms with E-state index in [0.717, 1.165) is 27.8 Å². The fourth-order valence-corrected chi connectivity index (χ4v) is 3.06. The van der Waals surface area contributed by atoms with Crippen LogP contribution >= 0.6 is 23.4 Å². The lowest BCUT2D eigenvalue weighted by Crippen LogP contribution is -2.35. The van der Waals surface area contributed by atoms with Crippen LogP contribution in [-0.4, -0.2) is 5.54 Å². The first-order valence-corrected chi connectivity index (χ1v) is 7.80. The average Bonchev–Trinajstić information content (AvgIpc) is 2.73. The zero-order chi connectivity index (χ0) is 14.8. The maximum absolute atomic E-state index is 6.36. The minimum absolute atomic E-state index is 0.0622. The van der Waals surface area contributed by atoms with E-state index in [1.54, 1.807) is 18.0 Å². The summed E-state index contributed by atoms with van der Waals surface area (Å²) in [6, 6.07) is 8.01. The standard InChI is InChI=1S/C16H20ClNOS/c1-11-14(8-9-19-11)20-15-7-5-6-13(17)12(15)10-18-16(2,3)4/h5-9,18H,10H2,1-4H3. The van der Waals surface area contributed by atoms with E-state index in [1.807, 2.05) is 25.1 Å². The molecule has 2 nitrogen and oxygen atoms in total. The molecule has 0 aliphatic rings. The number of hydrogen-bond donors (Lipinski definition) is 1. The molecule has 0 bridgehead atoms. The van der Waals surface area contributed by atoms with Crippen molar-refractivity contribution in [2.24, 2.45) is 0 Å². The summed E-state index contributed by atoms with van der Waals surface area (Å²) in [4.78, 5) is 2.29.